The number of carbonyl (C=O) groups is 1. The SMILES string of the molecule is CC(C)CC(CCO)CNC(=O)Cn1nc2ccccn2c1=O. The fourth-order valence-corrected chi connectivity index (χ4v) is 2.67. The van der Waals surface area contributed by atoms with Crippen molar-refractivity contribution in [3.8, 4) is 0 Å². The summed E-state index contributed by atoms with van der Waals surface area (Å²) in [6, 6.07) is 5.25. The highest BCUT2D eigenvalue weighted by atomic mass is 16.3. The highest BCUT2D eigenvalue weighted by Gasteiger charge is 2.14. The van der Waals surface area contributed by atoms with Crippen LogP contribution in [0.4, 0.5) is 0 Å². The molecular weight excluding hydrogens is 296 g/mol. The van der Waals surface area contributed by atoms with Gasteiger partial charge in [0.05, 0.1) is 0 Å². The number of aromatic nitrogens is 3. The van der Waals surface area contributed by atoms with Crippen molar-refractivity contribution in [2.75, 3.05) is 13.2 Å². The van der Waals surface area contributed by atoms with Gasteiger partial charge in [-0.2, -0.15) is 0 Å². The molecule has 7 heteroatoms. The minimum Gasteiger partial charge on any atom is -0.396 e. The predicted molar refractivity (Wildman–Crippen MR) is 87.1 cm³/mol. The average Bonchev–Trinajstić information content (AvgIpc) is 2.81. The number of aliphatic hydroxyl groups is 1. The fraction of sp³-hybridized carbons (Fsp3) is 0.562. The first kappa shape index (κ1) is 17.2. The number of hydrogen-bond acceptors (Lipinski definition) is 4. The lowest BCUT2D eigenvalue weighted by molar-refractivity contribution is -0.122. The van der Waals surface area contributed by atoms with Crippen molar-refractivity contribution in [2.24, 2.45) is 11.8 Å². The van der Waals surface area contributed by atoms with E-state index in [0.29, 0.717) is 24.5 Å². The van der Waals surface area contributed by atoms with Gasteiger partial charge in [-0.05, 0) is 36.8 Å². The number of nitrogens with zero attached hydrogens (tertiary/aromatic N) is 3. The van der Waals surface area contributed by atoms with Crippen LogP contribution in [-0.4, -0.2) is 38.3 Å². The Morgan fingerprint density at radius 3 is 2.83 bits per heavy atom. The zero-order valence-electron chi connectivity index (χ0n) is 13.6. The first-order valence-electron chi connectivity index (χ1n) is 7.93. The molecule has 0 saturated carbocycles. The molecule has 0 radical (unpaired) electrons. The molecule has 2 N–H and O–H groups in total. The van der Waals surface area contributed by atoms with Crippen LogP contribution in [0, 0.1) is 11.8 Å². The summed E-state index contributed by atoms with van der Waals surface area (Å²) in [4.78, 5) is 24.2. The maximum absolute atomic E-state index is 12.1. The van der Waals surface area contributed by atoms with Gasteiger partial charge in [-0.25, -0.2) is 9.48 Å². The molecule has 23 heavy (non-hydrogen) atoms. The molecule has 1 unspecified atom stereocenters. The minimum atomic E-state index is -0.329. The zero-order chi connectivity index (χ0) is 16.8. The molecule has 2 aromatic rings. The maximum atomic E-state index is 12.1. The average molecular weight is 320 g/mol. The Kier molecular flexibility index (Phi) is 5.92. The molecular formula is C16H24N4O3. The van der Waals surface area contributed by atoms with E-state index in [1.54, 1.807) is 24.4 Å². The third kappa shape index (κ3) is 4.66. The third-order valence-electron chi connectivity index (χ3n) is 3.71. The summed E-state index contributed by atoms with van der Waals surface area (Å²) in [7, 11) is 0. The number of fused-ring (bicyclic) bond motifs is 1. The Bertz CT molecular complexity index is 705. The Labute approximate surface area is 134 Å². The van der Waals surface area contributed by atoms with Crippen molar-refractivity contribution < 1.29 is 9.90 Å². The van der Waals surface area contributed by atoms with Crippen molar-refractivity contribution in [2.45, 2.75) is 33.2 Å². The van der Waals surface area contributed by atoms with Gasteiger partial charge in [0, 0.05) is 19.3 Å². The maximum Gasteiger partial charge on any atom is 0.350 e. The van der Waals surface area contributed by atoms with Crippen LogP contribution in [-0.2, 0) is 11.3 Å². The topological polar surface area (TPSA) is 88.6 Å². The second kappa shape index (κ2) is 7.92. The van der Waals surface area contributed by atoms with Crippen LogP contribution in [0.3, 0.4) is 0 Å². The number of nitrogens with one attached hydrogen (secondary N) is 1. The van der Waals surface area contributed by atoms with Gasteiger partial charge in [-0.3, -0.25) is 9.20 Å². The van der Waals surface area contributed by atoms with Gasteiger partial charge >= 0.3 is 5.69 Å². The van der Waals surface area contributed by atoms with E-state index in [-0.39, 0.29) is 30.7 Å². The van der Waals surface area contributed by atoms with Crippen molar-refractivity contribution in [3.63, 3.8) is 0 Å². The molecule has 1 atom stereocenters. The molecule has 2 aromatic heterocycles. The van der Waals surface area contributed by atoms with E-state index in [2.05, 4.69) is 24.3 Å². The summed E-state index contributed by atoms with van der Waals surface area (Å²) < 4.78 is 2.56. The molecule has 2 heterocycles. The molecule has 0 aliphatic rings. The quantitative estimate of drug-likeness (QED) is 0.748. The van der Waals surface area contributed by atoms with Crippen LogP contribution in [0.25, 0.3) is 5.65 Å². The Balaban J connectivity index is 1.95. The summed E-state index contributed by atoms with van der Waals surface area (Å²) in [6.45, 7) is 4.73. The standard InChI is InChI=1S/C16H24N4O3/c1-12(2)9-13(6-8-21)10-17-15(22)11-20-16(23)19-7-4-3-5-14(19)18-20/h3-5,7,12-13,21H,6,8-11H2,1-2H3,(H,17,22). The summed E-state index contributed by atoms with van der Waals surface area (Å²) in [5, 5.41) is 16.1. The number of carbonyl (C=O) groups excluding carboxylic acids is 1. The van der Waals surface area contributed by atoms with Gasteiger partial charge in [0.25, 0.3) is 0 Å². The van der Waals surface area contributed by atoms with E-state index in [1.807, 2.05) is 0 Å². The molecule has 0 bridgehead atoms. The first-order chi connectivity index (χ1) is 11.0. The lowest BCUT2D eigenvalue weighted by atomic mass is 9.94. The monoisotopic (exact) mass is 320 g/mol. The minimum absolute atomic E-state index is 0.103. The van der Waals surface area contributed by atoms with Crippen LogP contribution in [0.15, 0.2) is 29.2 Å². The Morgan fingerprint density at radius 2 is 2.17 bits per heavy atom. The summed E-state index contributed by atoms with van der Waals surface area (Å²) >= 11 is 0. The Morgan fingerprint density at radius 1 is 1.39 bits per heavy atom. The van der Waals surface area contributed by atoms with Gasteiger partial charge in [0.1, 0.15) is 6.54 Å². The second-order valence-electron chi connectivity index (χ2n) is 6.18. The third-order valence-corrected chi connectivity index (χ3v) is 3.71. The van der Waals surface area contributed by atoms with Gasteiger partial charge in [-0.1, -0.05) is 19.9 Å². The lowest BCUT2D eigenvalue weighted by Gasteiger charge is -2.18. The second-order valence-corrected chi connectivity index (χ2v) is 6.18. The first-order valence-corrected chi connectivity index (χ1v) is 7.93. The predicted octanol–water partition coefficient (Wildman–Crippen LogP) is 0.657. The fourth-order valence-electron chi connectivity index (χ4n) is 2.67. The number of amides is 1. The van der Waals surface area contributed by atoms with Gasteiger partial charge < -0.3 is 10.4 Å². The van der Waals surface area contributed by atoms with Crippen molar-refractivity contribution >= 4 is 11.6 Å². The van der Waals surface area contributed by atoms with E-state index in [0.717, 1.165) is 11.1 Å². The van der Waals surface area contributed by atoms with Crippen molar-refractivity contribution in [1.82, 2.24) is 19.5 Å². The van der Waals surface area contributed by atoms with Gasteiger partial charge in [-0.15, -0.1) is 5.10 Å². The van der Waals surface area contributed by atoms with E-state index in [1.165, 1.54) is 4.40 Å². The normalized spacial score (nSPS) is 12.7. The van der Waals surface area contributed by atoms with E-state index < -0.39 is 0 Å². The van der Waals surface area contributed by atoms with E-state index >= 15 is 0 Å². The highest BCUT2D eigenvalue weighted by molar-refractivity contribution is 5.75. The summed E-state index contributed by atoms with van der Waals surface area (Å²) in [6.07, 6.45) is 3.22. The molecule has 126 valence electrons. The van der Waals surface area contributed by atoms with Crippen LogP contribution in [0.1, 0.15) is 26.7 Å². The molecule has 1 amide bonds. The largest absolute Gasteiger partial charge is 0.396 e. The lowest BCUT2D eigenvalue weighted by Crippen LogP contribution is -2.35. The van der Waals surface area contributed by atoms with Crippen molar-refractivity contribution in [1.29, 1.82) is 0 Å². The van der Waals surface area contributed by atoms with Crippen molar-refractivity contribution in [3.05, 3.63) is 34.9 Å². The molecule has 0 spiro atoms. The molecule has 0 fully saturated rings. The highest BCUT2D eigenvalue weighted by Crippen LogP contribution is 2.14. The zero-order valence-corrected chi connectivity index (χ0v) is 13.6. The number of aliphatic hydroxyl groups excluding tert-OH is 1. The number of rotatable bonds is 8. The van der Waals surface area contributed by atoms with Gasteiger partial charge in [0.15, 0.2) is 5.65 Å². The number of hydrogen-bond donors (Lipinski definition) is 2. The molecule has 0 saturated heterocycles. The van der Waals surface area contributed by atoms with Crippen LogP contribution in [0.5, 0.6) is 0 Å². The van der Waals surface area contributed by atoms with Gasteiger partial charge in [0.2, 0.25) is 5.91 Å². The Hall–Kier alpha value is -2.15. The van der Waals surface area contributed by atoms with Crippen LogP contribution >= 0.6 is 0 Å². The van der Waals surface area contributed by atoms with Crippen LogP contribution in [0.2, 0.25) is 0 Å². The number of pyridine rings is 1. The van der Waals surface area contributed by atoms with E-state index in [4.69, 9.17) is 5.11 Å². The molecule has 0 aliphatic heterocycles. The molecule has 2 rings (SSSR count). The summed E-state index contributed by atoms with van der Waals surface area (Å²) in [5.41, 5.74) is 0.188. The van der Waals surface area contributed by atoms with E-state index in [9.17, 15) is 9.59 Å². The summed E-state index contributed by atoms with van der Waals surface area (Å²) in [5.74, 6) is 0.494. The smallest absolute Gasteiger partial charge is 0.350 e. The molecule has 0 aromatic carbocycles. The molecule has 7 nitrogen and oxygen atoms in total. The van der Waals surface area contributed by atoms with Crippen LogP contribution < -0.4 is 11.0 Å². The molecule has 0 aliphatic carbocycles.